The van der Waals surface area contributed by atoms with E-state index in [2.05, 4.69) is 48.6 Å². The van der Waals surface area contributed by atoms with Crippen molar-refractivity contribution in [3.63, 3.8) is 0 Å². The van der Waals surface area contributed by atoms with Gasteiger partial charge in [0.25, 0.3) is 0 Å². The van der Waals surface area contributed by atoms with Crippen LogP contribution in [0.5, 0.6) is 0 Å². The van der Waals surface area contributed by atoms with Crippen LogP contribution in [0.4, 0.5) is 10.8 Å². The Labute approximate surface area is 199 Å². The van der Waals surface area contributed by atoms with Crippen molar-refractivity contribution in [3.05, 3.63) is 89.0 Å². The molecule has 0 saturated heterocycles. The number of aromatic nitrogens is 1. The third-order valence-corrected chi connectivity index (χ3v) is 7.70. The van der Waals surface area contributed by atoms with E-state index in [1.54, 1.807) is 11.3 Å². The van der Waals surface area contributed by atoms with Crippen molar-refractivity contribution in [3.8, 4) is 21.7 Å². The number of nitrogens with one attached hydrogen (secondary N) is 1. The molecule has 1 aliphatic carbocycles. The Balaban J connectivity index is 1.54. The first-order valence-corrected chi connectivity index (χ1v) is 12.2. The summed E-state index contributed by atoms with van der Waals surface area (Å²) in [4.78, 5) is 6.07. The lowest BCUT2D eigenvalue weighted by Crippen LogP contribution is -2.34. The molecule has 5 rings (SSSR count). The minimum absolute atomic E-state index is 0.695. The molecule has 1 aliphatic rings. The van der Waals surface area contributed by atoms with Crippen LogP contribution in [0, 0.1) is 13.8 Å². The molecular weight excluding hydrogens is 426 g/mol. The number of anilines is 2. The van der Waals surface area contributed by atoms with Crippen LogP contribution in [0.25, 0.3) is 21.7 Å². The van der Waals surface area contributed by atoms with Crippen LogP contribution in [-0.2, 0) is 12.1 Å². The fourth-order valence-electron chi connectivity index (χ4n) is 4.58. The van der Waals surface area contributed by atoms with Gasteiger partial charge >= 0.3 is 0 Å². The molecule has 0 unspecified atom stereocenters. The number of hydrogen-bond acceptors (Lipinski definition) is 5. The molecule has 0 spiro atoms. The molecule has 4 nitrogen and oxygen atoms in total. The van der Waals surface area contributed by atoms with E-state index in [0.29, 0.717) is 12.2 Å². The van der Waals surface area contributed by atoms with Crippen molar-refractivity contribution in [2.24, 2.45) is 0 Å². The summed E-state index contributed by atoms with van der Waals surface area (Å²) < 4.78 is 0. The van der Waals surface area contributed by atoms with Crippen LogP contribution in [0.1, 0.15) is 41.5 Å². The van der Waals surface area contributed by atoms with Gasteiger partial charge in [-0.05, 0) is 55.4 Å². The van der Waals surface area contributed by atoms with Crippen molar-refractivity contribution in [1.29, 1.82) is 0 Å². The first-order chi connectivity index (χ1) is 15.9. The summed E-state index contributed by atoms with van der Waals surface area (Å²) in [5, 5.41) is 15.3. The molecule has 4 aromatic rings. The topological polar surface area (TPSA) is 71.2 Å². The van der Waals surface area contributed by atoms with E-state index in [4.69, 9.17) is 10.7 Å². The molecule has 0 radical (unpaired) electrons. The summed E-state index contributed by atoms with van der Waals surface area (Å²) in [6.07, 6.45) is 2.65. The zero-order chi connectivity index (χ0) is 23.0. The van der Waals surface area contributed by atoms with E-state index in [9.17, 15) is 5.11 Å². The van der Waals surface area contributed by atoms with Crippen LogP contribution in [0.3, 0.4) is 0 Å². The lowest BCUT2D eigenvalue weighted by Gasteiger charge is -2.38. The smallest absolute Gasteiger partial charge is 0.184 e. The van der Waals surface area contributed by atoms with Gasteiger partial charge in [-0.15, -0.1) is 0 Å². The van der Waals surface area contributed by atoms with Crippen LogP contribution in [-0.4, -0.2) is 10.1 Å². The summed E-state index contributed by atoms with van der Waals surface area (Å²) in [6.45, 7) is 4.83. The summed E-state index contributed by atoms with van der Waals surface area (Å²) in [5.41, 5.74) is 13.9. The van der Waals surface area contributed by atoms with Crippen molar-refractivity contribution in [1.82, 2.24) is 4.98 Å². The van der Waals surface area contributed by atoms with E-state index >= 15 is 0 Å². The SMILES string of the molecule is Cc1cccc(CNc2nc(-c3ccc(C4(O)CCC4)c(C)c3N)c(-c3ccccc3)s2)c1. The Hall–Kier alpha value is -3.15. The number of aryl methyl sites for hydroxylation is 1. The van der Waals surface area contributed by atoms with Gasteiger partial charge in [0.1, 0.15) is 0 Å². The van der Waals surface area contributed by atoms with Crippen LogP contribution in [0.15, 0.2) is 66.7 Å². The van der Waals surface area contributed by atoms with Crippen LogP contribution < -0.4 is 11.1 Å². The zero-order valence-corrected chi connectivity index (χ0v) is 19.9. The lowest BCUT2D eigenvalue weighted by atomic mass is 9.73. The summed E-state index contributed by atoms with van der Waals surface area (Å²) in [5.74, 6) is 0. The largest absolute Gasteiger partial charge is 0.398 e. The number of thiazole rings is 1. The molecule has 0 bridgehead atoms. The minimum atomic E-state index is -0.735. The number of aliphatic hydroxyl groups is 1. The third kappa shape index (κ3) is 4.14. The molecule has 0 amide bonds. The highest BCUT2D eigenvalue weighted by Gasteiger charge is 2.38. The molecule has 1 heterocycles. The molecule has 1 aromatic heterocycles. The highest BCUT2D eigenvalue weighted by Crippen LogP contribution is 2.47. The molecule has 5 heteroatoms. The van der Waals surface area contributed by atoms with E-state index in [1.165, 1.54) is 11.1 Å². The normalized spacial score (nSPS) is 14.6. The molecule has 0 aliphatic heterocycles. The molecule has 1 saturated carbocycles. The molecule has 3 aromatic carbocycles. The maximum Gasteiger partial charge on any atom is 0.184 e. The average Bonchev–Trinajstić information content (AvgIpc) is 3.23. The van der Waals surface area contributed by atoms with Gasteiger partial charge in [-0.3, -0.25) is 0 Å². The number of hydrogen-bond donors (Lipinski definition) is 3. The van der Waals surface area contributed by atoms with Crippen molar-refractivity contribution in [2.45, 2.75) is 45.3 Å². The first-order valence-electron chi connectivity index (χ1n) is 11.4. The number of nitrogens with two attached hydrogens (primary N) is 1. The number of nitrogens with zero attached hydrogens (tertiary/aromatic N) is 1. The Morgan fingerprint density at radius 2 is 1.82 bits per heavy atom. The van der Waals surface area contributed by atoms with Crippen LogP contribution in [0.2, 0.25) is 0 Å². The third-order valence-electron chi connectivity index (χ3n) is 6.64. The number of benzene rings is 3. The predicted octanol–water partition coefficient (Wildman–Crippen LogP) is 6.66. The Kier molecular flexibility index (Phi) is 5.69. The van der Waals surface area contributed by atoms with Gasteiger partial charge in [-0.1, -0.05) is 83.6 Å². The van der Waals surface area contributed by atoms with Gasteiger partial charge in [0, 0.05) is 17.8 Å². The van der Waals surface area contributed by atoms with Crippen molar-refractivity contribution < 1.29 is 5.11 Å². The van der Waals surface area contributed by atoms with E-state index in [0.717, 1.165) is 57.2 Å². The predicted molar refractivity (Wildman–Crippen MR) is 138 cm³/mol. The molecule has 4 N–H and O–H groups in total. The van der Waals surface area contributed by atoms with Gasteiger partial charge in [0.05, 0.1) is 16.2 Å². The standard InChI is InChI=1S/C28H29N3OS/c1-18-8-6-9-20(16-18)17-30-27-31-25(26(33-27)21-10-4-3-5-11-21)22-12-13-23(19(2)24(22)29)28(32)14-7-15-28/h3-6,8-13,16,32H,7,14-15,17,29H2,1-2H3,(H,30,31). The maximum atomic E-state index is 10.9. The number of rotatable bonds is 6. The summed E-state index contributed by atoms with van der Waals surface area (Å²) in [6, 6.07) is 22.9. The van der Waals surface area contributed by atoms with Gasteiger partial charge in [0.15, 0.2) is 5.13 Å². The van der Waals surface area contributed by atoms with Gasteiger partial charge in [-0.2, -0.15) is 0 Å². The van der Waals surface area contributed by atoms with Crippen LogP contribution >= 0.6 is 11.3 Å². The minimum Gasteiger partial charge on any atom is -0.398 e. The van der Waals surface area contributed by atoms with E-state index < -0.39 is 5.60 Å². The highest BCUT2D eigenvalue weighted by atomic mass is 32.1. The second-order valence-electron chi connectivity index (χ2n) is 8.99. The molecule has 168 valence electrons. The average molecular weight is 456 g/mol. The Bertz CT molecular complexity index is 1290. The lowest BCUT2D eigenvalue weighted by molar-refractivity contribution is -0.0392. The van der Waals surface area contributed by atoms with Gasteiger partial charge < -0.3 is 16.2 Å². The van der Waals surface area contributed by atoms with Gasteiger partial charge in [0.2, 0.25) is 0 Å². The Morgan fingerprint density at radius 3 is 2.52 bits per heavy atom. The van der Waals surface area contributed by atoms with E-state index in [-0.39, 0.29) is 0 Å². The molecular formula is C28H29N3OS. The molecule has 33 heavy (non-hydrogen) atoms. The van der Waals surface area contributed by atoms with Crippen molar-refractivity contribution in [2.75, 3.05) is 11.1 Å². The second kappa shape index (κ2) is 8.65. The second-order valence-corrected chi connectivity index (χ2v) is 9.99. The quantitative estimate of drug-likeness (QED) is 0.284. The first kappa shape index (κ1) is 21.7. The highest BCUT2D eigenvalue weighted by molar-refractivity contribution is 7.19. The fraction of sp³-hybridized carbons (Fsp3) is 0.250. The molecule has 0 atom stereocenters. The fourth-order valence-corrected chi connectivity index (χ4v) is 5.56. The Morgan fingerprint density at radius 1 is 1.03 bits per heavy atom. The summed E-state index contributed by atoms with van der Waals surface area (Å²) >= 11 is 1.64. The zero-order valence-electron chi connectivity index (χ0n) is 19.1. The maximum absolute atomic E-state index is 10.9. The number of nitrogen functional groups attached to an aromatic ring is 1. The van der Waals surface area contributed by atoms with Gasteiger partial charge in [-0.25, -0.2) is 4.98 Å². The molecule has 1 fully saturated rings. The summed E-state index contributed by atoms with van der Waals surface area (Å²) in [7, 11) is 0. The monoisotopic (exact) mass is 455 g/mol. The van der Waals surface area contributed by atoms with Crippen molar-refractivity contribution >= 4 is 22.2 Å². The van der Waals surface area contributed by atoms with E-state index in [1.807, 2.05) is 37.3 Å².